The van der Waals surface area contributed by atoms with E-state index in [4.69, 9.17) is 11.6 Å². The third-order valence-electron chi connectivity index (χ3n) is 2.40. The zero-order valence-corrected chi connectivity index (χ0v) is 9.83. The molecule has 0 aromatic carbocycles. The lowest BCUT2D eigenvalue weighted by Crippen LogP contribution is -2.21. The summed E-state index contributed by atoms with van der Waals surface area (Å²) in [5.74, 6) is 0.861. The standard InChI is InChI=1S/C8H10ClNO2S2/c9-7-5-10-8(13-7)6-1-3-14(11,12)4-2-6/h5-6H,1-4H2. The van der Waals surface area contributed by atoms with Crippen molar-refractivity contribution < 1.29 is 8.42 Å². The lowest BCUT2D eigenvalue weighted by molar-refractivity contribution is 0.549. The highest BCUT2D eigenvalue weighted by Crippen LogP contribution is 2.33. The molecule has 1 aliphatic rings. The van der Waals surface area contributed by atoms with Crippen LogP contribution in [0.15, 0.2) is 6.20 Å². The monoisotopic (exact) mass is 251 g/mol. The van der Waals surface area contributed by atoms with Crippen molar-refractivity contribution in [3.05, 3.63) is 15.5 Å². The molecule has 1 aromatic heterocycles. The van der Waals surface area contributed by atoms with Crippen molar-refractivity contribution in [2.75, 3.05) is 11.5 Å². The number of aromatic nitrogens is 1. The zero-order chi connectivity index (χ0) is 10.2. The molecule has 14 heavy (non-hydrogen) atoms. The van der Waals surface area contributed by atoms with E-state index in [9.17, 15) is 8.42 Å². The quantitative estimate of drug-likeness (QED) is 0.768. The number of halogens is 1. The van der Waals surface area contributed by atoms with Crippen molar-refractivity contribution in [1.82, 2.24) is 4.98 Å². The lowest BCUT2D eigenvalue weighted by atomic mass is 10.0. The van der Waals surface area contributed by atoms with Crippen LogP contribution in [0.1, 0.15) is 23.8 Å². The molecule has 0 radical (unpaired) electrons. The molecule has 3 nitrogen and oxygen atoms in total. The fourth-order valence-corrected chi connectivity index (χ4v) is 4.18. The smallest absolute Gasteiger partial charge is 0.150 e. The van der Waals surface area contributed by atoms with Gasteiger partial charge < -0.3 is 0 Å². The number of hydrogen-bond donors (Lipinski definition) is 0. The van der Waals surface area contributed by atoms with Gasteiger partial charge in [-0.05, 0) is 12.8 Å². The van der Waals surface area contributed by atoms with Gasteiger partial charge in [-0.15, -0.1) is 11.3 Å². The highest BCUT2D eigenvalue weighted by molar-refractivity contribution is 7.91. The molecule has 0 atom stereocenters. The number of nitrogens with zero attached hydrogens (tertiary/aromatic N) is 1. The Hall–Kier alpha value is -0.130. The maximum Gasteiger partial charge on any atom is 0.150 e. The van der Waals surface area contributed by atoms with E-state index in [0.717, 1.165) is 5.01 Å². The summed E-state index contributed by atoms with van der Waals surface area (Å²) >= 11 is 7.23. The van der Waals surface area contributed by atoms with Crippen LogP contribution in [-0.2, 0) is 9.84 Å². The van der Waals surface area contributed by atoms with Crippen LogP contribution in [0.3, 0.4) is 0 Å². The molecule has 0 spiro atoms. The Morgan fingerprint density at radius 2 is 2.07 bits per heavy atom. The summed E-state index contributed by atoms with van der Waals surface area (Å²) in [6.45, 7) is 0. The summed E-state index contributed by atoms with van der Waals surface area (Å²) in [5, 5.41) is 0.977. The summed E-state index contributed by atoms with van der Waals surface area (Å²) < 4.78 is 23.1. The molecule has 0 saturated carbocycles. The molecule has 78 valence electrons. The van der Waals surface area contributed by atoms with Gasteiger partial charge >= 0.3 is 0 Å². The molecule has 1 aliphatic heterocycles. The summed E-state index contributed by atoms with van der Waals surface area (Å²) in [6, 6.07) is 0. The highest BCUT2D eigenvalue weighted by atomic mass is 35.5. The Balaban J connectivity index is 2.09. The van der Waals surface area contributed by atoms with Gasteiger partial charge in [-0.25, -0.2) is 13.4 Å². The second kappa shape index (κ2) is 3.79. The van der Waals surface area contributed by atoms with Crippen molar-refractivity contribution in [2.24, 2.45) is 0 Å². The van der Waals surface area contributed by atoms with E-state index in [2.05, 4.69) is 4.98 Å². The summed E-state index contributed by atoms with van der Waals surface area (Å²) in [5.41, 5.74) is 0. The first-order valence-electron chi connectivity index (χ1n) is 4.38. The van der Waals surface area contributed by atoms with Crippen molar-refractivity contribution >= 4 is 32.8 Å². The zero-order valence-electron chi connectivity index (χ0n) is 7.44. The average Bonchev–Trinajstić information content (AvgIpc) is 2.52. The largest absolute Gasteiger partial charge is 0.248 e. The van der Waals surface area contributed by atoms with Crippen LogP contribution in [0.25, 0.3) is 0 Å². The first kappa shape index (κ1) is 10.4. The Morgan fingerprint density at radius 1 is 1.43 bits per heavy atom. The molecule has 0 amide bonds. The predicted molar refractivity (Wildman–Crippen MR) is 57.8 cm³/mol. The molecule has 0 unspecified atom stereocenters. The van der Waals surface area contributed by atoms with E-state index in [1.807, 2.05) is 0 Å². The van der Waals surface area contributed by atoms with Crippen molar-refractivity contribution in [3.63, 3.8) is 0 Å². The van der Waals surface area contributed by atoms with E-state index in [0.29, 0.717) is 17.2 Å². The van der Waals surface area contributed by atoms with Crippen LogP contribution in [0, 0.1) is 0 Å². The topological polar surface area (TPSA) is 47.0 Å². The second-order valence-corrected chi connectivity index (χ2v) is 7.43. The molecule has 1 fully saturated rings. The van der Waals surface area contributed by atoms with Gasteiger partial charge in [-0.1, -0.05) is 11.6 Å². The lowest BCUT2D eigenvalue weighted by Gasteiger charge is -2.19. The molecule has 1 saturated heterocycles. The van der Waals surface area contributed by atoms with Crippen LogP contribution < -0.4 is 0 Å². The number of sulfone groups is 1. The molecule has 1 aromatic rings. The SMILES string of the molecule is O=S1(=O)CCC(c2ncc(Cl)s2)CC1. The van der Waals surface area contributed by atoms with Gasteiger partial charge in [0, 0.05) is 5.92 Å². The minimum Gasteiger partial charge on any atom is -0.248 e. The van der Waals surface area contributed by atoms with Crippen molar-refractivity contribution in [1.29, 1.82) is 0 Å². The van der Waals surface area contributed by atoms with Crippen LogP contribution in [0.4, 0.5) is 0 Å². The van der Waals surface area contributed by atoms with E-state index in [-0.39, 0.29) is 17.4 Å². The minimum atomic E-state index is -2.77. The third kappa shape index (κ3) is 2.27. The van der Waals surface area contributed by atoms with Gasteiger partial charge in [0.05, 0.1) is 22.7 Å². The average molecular weight is 252 g/mol. The van der Waals surface area contributed by atoms with E-state index >= 15 is 0 Å². The molecule has 0 aliphatic carbocycles. The second-order valence-electron chi connectivity index (χ2n) is 3.43. The molecule has 2 heterocycles. The number of hydrogen-bond acceptors (Lipinski definition) is 4. The van der Waals surface area contributed by atoms with Gasteiger partial charge in [0.2, 0.25) is 0 Å². The highest BCUT2D eigenvalue weighted by Gasteiger charge is 2.26. The van der Waals surface area contributed by atoms with Crippen LogP contribution in [0.2, 0.25) is 4.34 Å². The fourth-order valence-electron chi connectivity index (χ4n) is 1.59. The van der Waals surface area contributed by atoms with Gasteiger partial charge in [0.25, 0.3) is 0 Å². The van der Waals surface area contributed by atoms with Gasteiger partial charge in [0.15, 0.2) is 0 Å². The summed E-state index contributed by atoms with van der Waals surface area (Å²) in [6.07, 6.45) is 3.00. The van der Waals surface area contributed by atoms with E-state index in [1.165, 1.54) is 11.3 Å². The predicted octanol–water partition coefficient (Wildman–Crippen LogP) is 2.09. The molecule has 0 N–H and O–H groups in total. The first-order chi connectivity index (χ1) is 6.57. The molecule has 6 heteroatoms. The normalized spacial score (nSPS) is 22.4. The minimum absolute atomic E-state index is 0.287. The summed E-state index contributed by atoms with van der Waals surface area (Å²) in [7, 11) is -2.77. The Labute approximate surface area is 92.0 Å². The Bertz CT molecular complexity index is 412. The van der Waals surface area contributed by atoms with E-state index in [1.54, 1.807) is 6.20 Å². The van der Waals surface area contributed by atoms with Gasteiger partial charge in [-0.2, -0.15) is 0 Å². The maximum absolute atomic E-state index is 11.2. The van der Waals surface area contributed by atoms with Crippen LogP contribution in [-0.4, -0.2) is 24.9 Å². The molecule has 0 bridgehead atoms. The fraction of sp³-hybridized carbons (Fsp3) is 0.625. The Morgan fingerprint density at radius 3 is 2.57 bits per heavy atom. The van der Waals surface area contributed by atoms with Crippen molar-refractivity contribution in [3.8, 4) is 0 Å². The van der Waals surface area contributed by atoms with Crippen LogP contribution in [0.5, 0.6) is 0 Å². The molecular formula is C8H10ClNO2S2. The van der Waals surface area contributed by atoms with E-state index < -0.39 is 9.84 Å². The Kier molecular flexibility index (Phi) is 2.81. The number of rotatable bonds is 1. The summed E-state index contributed by atoms with van der Waals surface area (Å²) in [4.78, 5) is 4.18. The first-order valence-corrected chi connectivity index (χ1v) is 7.40. The van der Waals surface area contributed by atoms with Gasteiger partial charge in [-0.3, -0.25) is 0 Å². The molecular weight excluding hydrogens is 242 g/mol. The number of thiazole rings is 1. The third-order valence-corrected chi connectivity index (χ3v) is 5.39. The van der Waals surface area contributed by atoms with Crippen LogP contribution >= 0.6 is 22.9 Å². The van der Waals surface area contributed by atoms with Crippen molar-refractivity contribution in [2.45, 2.75) is 18.8 Å². The molecule has 2 rings (SSSR count). The maximum atomic E-state index is 11.2. The van der Waals surface area contributed by atoms with Gasteiger partial charge in [0.1, 0.15) is 14.2 Å².